The maximum atomic E-state index is 6.60. The Morgan fingerprint density at radius 3 is 2.69 bits per heavy atom. The van der Waals surface area contributed by atoms with Crippen LogP contribution in [0.15, 0.2) is 36.7 Å². The highest BCUT2D eigenvalue weighted by atomic mass is 35.5. The van der Waals surface area contributed by atoms with Gasteiger partial charge in [0.2, 0.25) is 0 Å². The van der Waals surface area contributed by atoms with Gasteiger partial charge in [-0.1, -0.05) is 48.9 Å². The summed E-state index contributed by atoms with van der Waals surface area (Å²) < 4.78 is 2.18. The van der Waals surface area contributed by atoms with Gasteiger partial charge >= 0.3 is 0 Å². The van der Waals surface area contributed by atoms with E-state index < -0.39 is 0 Å². The summed E-state index contributed by atoms with van der Waals surface area (Å²) in [6.07, 6.45) is 4.83. The van der Waals surface area contributed by atoms with Gasteiger partial charge in [-0.3, -0.25) is 0 Å². The van der Waals surface area contributed by atoms with Crippen molar-refractivity contribution in [3.05, 3.63) is 53.2 Å². The van der Waals surface area contributed by atoms with Crippen LogP contribution >= 0.6 is 11.6 Å². The summed E-state index contributed by atoms with van der Waals surface area (Å²) in [5.41, 5.74) is 1.99. The number of halogens is 1. The third-order valence-corrected chi connectivity index (χ3v) is 5.88. The zero-order valence-corrected chi connectivity index (χ0v) is 18.0. The Labute approximate surface area is 177 Å². The van der Waals surface area contributed by atoms with E-state index in [1.54, 1.807) is 0 Å². The molecule has 0 aliphatic carbocycles. The second kappa shape index (κ2) is 8.49. The second-order valence-corrected chi connectivity index (χ2v) is 8.19. The van der Waals surface area contributed by atoms with Gasteiger partial charge in [0.05, 0.1) is 0 Å². The van der Waals surface area contributed by atoms with E-state index in [4.69, 9.17) is 16.6 Å². The van der Waals surface area contributed by atoms with Gasteiger partial charge in [0.15, 0.2) is 5.82 Å². The van der Waals surface area contributed by atoms with E-state index in [1.165, 1.54) is 0 Å². The summed E-state index contributed by atoms with van der Waals surface area (Å²) in [5.74, 6) is 3.01. The first-order valence-electron chi connectivity index (χ1n) is 10.3. The molecule has 1 fully saturated rings. The number of benzene rings is 1. The van der Waals surface area contributed by atoms with Crippen molar-refractivity contribution in [1.82, 2.24) is 24.7 Å². The van der Waals surface area contributed by atoms with Crippen molar-refractivity contribution < 1.29 is 0 Å². The maximum absolute atomic E-state index is 6.60. The predicted molar refractivity (Wildman–Crippen MR) is 116 cm³/mol. The first kappa shape index (κ1) is 19.8. The highest BCUT2D eigenvalue weighted by Crippen LogP contribution is 2.34. The number of aromatic nitrogens is 5. The Morgan fingerprint density at radius 2 is 1.97 bits per heavy atom. The average Bonchev–Trinajstić information content (AvgIpc) is 3.24. The number of hydrogen-bond donors (Lipinski definition) is 0. The zero-order chi connectivity index (χ0) is 20.4. The lowest BCUT2D eigenvalue weighted by molar-refractivity contribution is 0.452. The Kier molecular flexibility index (Phi) is 5.81. The average molecular weight is 411 g/mol. The van der Waals surface area contributed by atoms with Gasteiger partial charge in [-0.15, -0.1) is 10.2 Å². The number of hydrogen-bond acceptors (Lipinski definition) is 5. The molecule has 1 atom stereocenters. The van der Waals surface area contributed by atoms with E-state index in [-0.39, 0.29) is 0 Å². The van der Waals surface area contributed by atoms with Crippen LogP contribution < -0.4 is 4.90 Å². The normalized spacial score (nSPS) is 17.1. The van der Waals surface area contributed by atoms with E-state index in [0.29, 0.717) is 22.9 Å². The smallest absolute Gasteiger partial charge is 0.163 e. The Bertz CT molecular complexity index is 969. The van der Waals surface area contributed by atoms with E-state index in [1.807, 2.05) is 36.7 Å². The SMILES string of the molecule is CCc1c(Cl)nc(-c2ccccc2)nc1N1CCCC(c2nncn2C(C)C)C1. The van der Waals surface area contributed by atoms with Crippen LogP contribution in [-0.4, -0.2) is 37.8 Å². The fraction of sp³-hybridized carbons (Fsp3) is 0.455. The topological polar surface area (TPSA) is 59.7 Å². The highest BCUT2D eigenvalue weighted by molar-refractivity contribution is 6.30. The molecule has 1 aliphatic rings. The Morgan fingerprint density at radius 1 is 1.17 bits per heavy atom. The van der Waals surface area contributed by atoms with Crippen LogP contribution in [0.25, 0.3) is 11.4 Å². The molecule has 29 heavy (non-hydrogen) atoms. The van der Waals surface area contributed by atoms with Crippen LogP contribution in [0.5, 0.6) is 0 Å². The summed E-state index contributed by atoms with van der Waals surface area (Å²) in [6.45, 7) is 8.26. The van der Waals surface area contributed by atoms with Crippen LogP contribution in [0.3, 0.4) is 0 Å². The monoisotopic (exact) mass is 410 g/mol. The molecular weight excluding hydrogens is 384 g/mol. The number of piperidine rings is 1. The van der Waals surface area contributed by atoms with Gasteiger partial charge in [0.25, 0.3) is 0 Å². The van der Waals surface area contributed by atoms with Crippen molar-refractivity contribution in [2.24, 2.45) is 0 Å². The van der Waals surface area contributed by atoms with Gasteiger partial charge in [-0.25, -0.2) is 9.97 Å². The highest BCUT2D eigenvalue weighted by Gasteiger charge is 2.28. The summed E-state index contributed by atoms with van der Waals surface area (Å²) in [7, 11) is 0. The van der Waals surface area contributed by atoms with Gasteiger partial charge in [-0.2, -0.15) is 0 Å². The number of nitrogens with zero attached hydrogens (tertiary/aromatic N) is 6. The molecule has 2 aromatic heterocycles. The van der Waals surface area contributed by atoms with Crippen molar-refractivity contribution in [3.8, 4) is 11.4 Å². The molecular formula is C22H27ClN6. The standard InChI is InChI=1S/C22H27ClN6/c1-4-18-19(23)25-20(16-9-6-5-7-10-16)26-22(18)28-12-8-11-17(13-28)21-27-24-14-29(21)15(2)3/h5-7,9-10,14-15,17H,4,8,11-13H2,1-3H3. The van der Waals surface area contributed by atoms with Crippen molar-refractivity contribution in [2.75, 3.05) is 18.0 Å². The second-order valence-electron chi connectivity index (χ2n) is 7.84. The first-order chi connectivity index (χ1) is 14.1. The molecule has 7 heteroatoms. The maximum Gasteiger partial charge on any atom is 0.163 e. The van der Waals surface area contributed by atoms with Crippen LogP contribution in [0.4, 0.5) is 5.82 Å². The van der Waals surface area contributed by atoms with Crippen LogP contribution in [0.1, 0.15) is 57.0 Å². The lowest BCUT2D eigenvalue weighted by atomic mass is 9.96. The summed E-state index contributed by atoms with van der Waals surface area (Å²) >= 11 is 6.60. The summed E-state index contributed by atoms with van der Waals surface area (Å²) in [6, 6.07) is 10.4. The summed E-state index contributed by atoms with van der Waals surface area (Å²) in [5, 5.41) is 9.15. The van der Waals surface area contributed by atoms with E-state index in [2.05, 4.69) is 45.4 Å². The quantitative estimate of drug-likeness (QED) is 0.559. The lowest BCUT2D eigenvalue weighted by Gasteiger charge is -2.34. The van der Waals surface area contributed by atoms with Crippen molar-refractivity contribution in [1.29, 1.82) is 0 Å². The molecule has 0 amide bonds. The molecule has 0 spiro atoms. The van der Waals surface area contributed by atoms with Crippen LogP contribution in [0.2, 0.25) is 5.15 Å². The Balaban J connectivity index is 1.69. The van der Waals surface area contributed by atoms with E-state index in [0.717, 1.165) is 55.1 Å². The minimum absolute atomic E-state index is 0.326. The molecule has 4 rings (SSSR count). The molecule has 3 aromatic rings. The fourth-order valence-electron chi connectivity index (χ4n) is 4.05. The van der Waals surface area contributed by atoms with Gasteiger partial charge < -0.3 is 9.47 Å². The largest absolute Gasteiger partial charge is 0.355 e. The predicted octanol–water partition coefficient (Wildman–Crippen LogP) is 4.92. The minimum Gasteiger partial charge on any atom is -0.355 e. The third-order valence-electron chi connectivity index (χ3n) is 5.56. The third kappa shape index (κ3) is 3.99. The van der Waals surface area contributed by atoms with Crippen molar-refractivity contribution in [2.45, 2.75) is 52.0 Å². The van der Waals surface area contributed by atoms with E-state index in [9.17, 15) is 0 Å². The summed E-state index contributed by atoms with van der Waals surface area (Å²) in [4.78, 5) is 11.9. The molecule has 1 saturated heterocycles. The molecule has 1 unspecified atom stereocenters. The molecule has 0 radical (unpaired) electrons. The molecule has 152 valence electrons. The molecule has 1 aromatic carbocycles. The molecule has 3 heterocycles. The van der Waals surface area contributed by atoms with Crippen LogP contribution in [0, 0.1) is 0 Å². The van der Waals surface area contributed by atoms with Gasteiger partial charge in [0, 0.05) is 36.2 Å². The van der Waals surface area contributed by atoms with Crippen molar-refractivity contribution in [3.63, 3.8) is 0 Å². The molecule has 0 bridgehead atoms. The first-order valence-corrected chi connectivity index (χ1v) is 10.7. The molecule has 6 nitrogen and oxygen atoms in total. The zero-order valence-electron chi connectivity index (χ0n) is 17.2. The van der Waals surface area contributed by atoms with Gasteiger partial charge in [0.1, 0.15) is 23.1 Å². The fourth-order valence-corrected chi connectivity index (χ4v) is 4.35. The van der Waals surface area contributed by atoms with Gasteiger partial charge in [-0.05, 0) is 33.1 Å². The van der Waals surface area contributed by atoms with Crippen LogP contribution in [-0.2, 0) is 6.42 Å². The number of rotatable bonds is 5. The lowest BCUT2D eigenvalue weighted by Crippen LogP contribution is -2.37. The number of anilines is 1. The molecule has 0 saturated carbocycles. The molecule has 0 N–H and O–H groups in total. The Hall–Kier alpha value is -2.47. The van der Waals surface area contributed by atoms with E-state index >= 15 is 0 Å². The van der Waals surface area contributed by atoms with Crippen molar-refractivity contribution >= 4 is 17.4 Å². The minimum atomic E-state index is 0.326. The molecule has 1 aliphatic heterocycles.